The topological polar surface area (TPSA) is 170 Å². The van der Waals surface area contributed by atoms with E-state index in [2.05, 4.69) is 0 Å². The van der Waals surface area contributed by atoms with Gasteiger partial charge in [0, 0.05) is 5.92 Å². The van der Waals surface area contributed by atoms with Gasteiger partial charge in [-0.1, -0.05) is 59.4 Å². The first-order chi connectivity index (χ1) is 19.5. The van der Waals surface area contributed by atoms with Gasteiger partial charge in [0.25, 0.3) is 0 Å². The summed E-state index contributed by atoms with van der Waals surface area (Å²) in [6.45, 7) is 9.34. The lowest BCUT2D eigenvalue weighted by Gasteiger charge is -2.28. The molecular weight excluding hydrogens is 538 g/mol. The Balaban J connectivity index is 3.23. The number of hydrogen-bond donors (Lipinski definition) is 2. The Morgan fingerprint density at radius 3 is 1.88 bits per heavy atom. The summed E-state index contributed by atoms with van der Waals surface area (Å²) < 4.78 is 31.1. The molecule has 0 saturated heterocycles. The van der Waals surface area contributed by atoms with Crippen LogP contribution in [0.15, 0.2) is 18.2 Å². The second-order valence-corrected chi connectivity index (χ2v) is 9.79. The van der Waals surface area contributed by atoms with E-state index in [1.807, 2.05) is 20.8 Å². The van der Waals surface area contributed by atoms with Gasteiger partial charge < -0.3 is 39.3 Å². The number of rotatable bonds is 18. The van der Waals surface area contributed by atoms with Gasteiger partial charge in [-0.05, 0) is 49.8 Å². The third kappa shape index (κ3) is 13.6. The van der Waals surface area contributed by atoms with Gasteiger partial charge in [0.2, 0.25) is 0 Å². The number of carbonyl (C=O) groups is 4. The van der Waals surface area contributed by atoms with E-state index in [0.717, 1.165) is 25.7 Å². The fourth-order valence-corrected chi connectivity index (χ4v) is 3.78. The molecule has 0 amide bonds. The number of nitrogens with two attached hydrogens (primary N) is 1. The Bertz CT molecular complexity index is 968. The highest BCUT2D eigenvalue weighted by molar-refractivity contribution is 5.75. The van der Waals surface area contributed by atoms with Crippen LogP contribution in [-0.4, -0.2) is 61.5 Å². The molecule has 232 valence electrons. The summed E-state index contributed by atoms with van der Waals surface area (Å²) in [7, 11) is 0. The Hall–Kier alpha value is -3.54. The van der Waals surface area contributed by atoms with E-state index >= 15 is 0 Å². The molecule has 1 aromatic carbocycles. The predicted molar refractivity (Wildman–Crippen MR) is 149 cm³/mol. The first-order valence-electron chi connectivity index (χ1n) is 14.2. The molecule has 0 aromatic heterocycles. The number of carboxylic acid groups (broad SMARTS) is 1. The molecule has 0 bridgehead atoms. The van der Waals surface area contributed by atoms with Crippen LogP contribution in [0.4, 0.5) is 14.4 Å². The molecule has 4 atom stereocenters. The molecule has 0 aliphatic carbocycles. The average molecular weight is 584 g/mol. The van der Waals surface area contributed by atoms with Crippen molar-refractivity contribution in [3.05, 3.63) is 23.8 Å². The van der Waals surface area contributed by atoms with Crippen molar-refractivity contribution in [2.45, 2.75) is 97.6 Å². The minimum Gasteiger partial charge on any atom is -0.480 e. The van der Waals surface area contributed by atoms with E-state index < -0.39 is 42.3 Å². The van der Waals surface area contributed by atoms with Crippen molar-refractivity contribution in [1.29, 1.82) is 0 Å². The van der Waals surface area contributed by atoms with Crippen molar-refractivity contribution < 1.29 is 52.7 Å². The SMILES string of the molecule is CCCCCOC(=O)Oc1ccc(C(C(C)COC(=O)OC(C)CC)[C@H](N)C(=O)O)cc1OC(=O)OCCCCC. The van der Waals surface area contributed by atoms with Crippen LogP contribution in [0.3, 0.4) is 0 Å². The molecule has 3 unspecified atom stereocenters. The molecule has 12 heteroatoms. The smallest absolute Gasteiger partial charge is 0.480 e. The van der Waals surface area contributed by atoms with Crippen molar-refractivity contribution in [3.63, 3.8) is 0 Å². The molecule has 1 aromatic rings. The highest BCUT2D eigenvalue weighted by atomic mass is 16.7. The first kappa shape index (κ1) is 35.5. The van der Waals surface area contributed by atoms with Gasteiger partial charge in [0.05, 0.1) is 19.8 Å². The van der Waals surface area contributed by atoms with E-state index in [9.17, 15) is 24.3 Å². The standard InChI is InChI=1S/C29H45NO11/c1-6-9-11-15-36-27(33)40-22-14-13-21(17-23(22)41-28(34)37-16-12-10-7-2)24(25(30)26(31)32)19(4)18-38-29(35)39-20(5)8-3/h13-14,17,19-20,24-25H,6-12,15-16,18,30H2,1-5H3,(H,31,32)/t19?,20?,24?,25-/m0/s1. The molecule has 1 rings (SSSR count). The van der Waals surface area contributed by atoms with Crippen molar-refractivity contribution >= 4 is 24.4 Å². The number of carbonyl (C=O) groups excluding carboxylic acids is 3. The number of ether oxygens (including phenoxy) is 6. The lowest BCUT2D eigenvalue weighted by Crippen LogP contribution is -2.40. The molecule has 0 aliphatic rings. The zero-order valence-electron chi connectivity index (χ0n) is 24.7. The molecule has 41 heavy (non-hydrogen) atoms. The van der Waals surface area contributed by atoms with E-state index in [4.69, 9.17) is 34.2 Å². The maximum absolute atomic E-state index is 12.4. The molecule has 0 saturated carbocycles. The molecule has 0 fully saturated rings. The molecule has 0 spiro atoms. The molecule has 0 heterocycles. The third-order valence-corrected chi connectivity index (χ3v) is 6.30. The quantitative estimate of drug-likeness (QED) is 0.0871. The molecule has 3 N–H and O–H groups in total. The van der Waals surface area contributed by atoms with Gasteiger partial charge in [0.15, 0.2) is 11.5 Å². The molecule has 0 radical (unpaired) electrons. The minimum absolute atomic E-state index is 0.135. The largest absolute Gasteiger partial charge is 0.513 e. The second kappa shape index (κ2) is 19.5. The van der Waals surface area contributed by atoms with E-state index in [0.29, 0.717) is 24.8 Å². The van der Waals surface area contributed by atoms with E-state index in [1.54, 1.807) is 13.8 Å². The van der Waals surface area contributed by atoms with E-state index in [-0.39, 0.29) is 37.4 Å². The summed E-state index contributed by atoms with van der Waals surface area (Å²) in [5.74, 6) is -3.13. The summed E-state index contributed by atoms with van der Waals surface area (Å²) in [6, 6.07) is 2.76. The highest BCUT2D eigenvalue weighted by Crippen LogP contribution is 2.36. The van der Waals surface area contributed by atoms with Crippen LogP contribution in [0.25, 0.3) is 0 Å². The van der Waals surface area contributed by atoms with Crippen molar-refractivity contribution in [2.75, 3.05) is 19.8 Å². The summed E-state index contributed by atoms with van der Waals surface area (Å²) in [4.78, 5) is 48.6. The van der Waals surface area contributed by atoms with Crippen LogP contribution in [-0.2, 0) is 23.7 Å². The number of aliphatic carboxylic acids is 1. The zero-order chi connectivity index (χ0) is 30.8. The van der Waals surface area contributed by atoms with Gasteiger partial charge in [-0.3, -0.25) is 4.79 Å². The van der Waals surface area contributed by atoms with Crippen molar-refractivity contribution in [1.82, 2.24) is 0 Å². The lowest BCUT2D eigenvalue weighted by atomic mass is 9.82. The maximum Gasteiger partial charge on any atom is 0.513 e. The third-order valence-electron chi connectivity index (χ3n) is 6.30. The van der Waals surface area contributed by atoms with Crippen LogP contribution < -0.4 is 15.2 Å². The summed E-state index contributed by atoms with van der Waals surface area (Å²) >= 11 is 0. The summed E-state index contributed by atoms with van der Waals surface area (Å²) in [5, 5.41) is 9.69. The second-order valence-electron chi connectivity index (χ2n) is 9.79. The van der Waals surface area contributed by atoms with Gasteiger partial charge in [-0.15, -0.1) is 0 Å². The van der Waals surface area contributed by atoms with Crippen LogP contribution in [0, 0.1) is 5.92 Å². The van der Waals surface area contributed by atoms with E-state index in [1.165, 1.54) is 18.2 Å². The van der Waals surface area contributed by atoms with Gasteiger partial charge in [-0.25, -0.2) is 14.4 Å². The van der Waals surface area contributed by atoms with Gasteiger partial charge in [-0.2, -0.15) is 0 Å². The fraction of sp³-hybridized carbons (Fsp3) is 0.655. The Morgan fingerprint density at radius 1 is 0.805 bits per heavy atom. The fourth-order valence-electron chi connectivity index (χ4n) is 3.78. The number of unbranched alkanes of at least 4 members (excludes halogenated alkanes) is 4. The van der Waals surface area contributed by atoms with Gasteiger partial charge >= 0.3 is 24.4 Å². The number of carboxylic acids is 1. The lowest BCUT2D eigenvalue weighted by molar-refractivity contribution is -0.139. The Morgan fingerprint density at radius 2 is 1.37 bits per heavy atom. The maximum atomic E-state index is 12.4. The number of hydrogen-bond acceptors (Lipinski definition) is 11. The monoisotopic (exact) mass is 583 g/mol. The van der Waals surface area contributed by atoms with Crippen LogP contribution in [0.5, 0.6) is 11.5 Å². The minimum atomic E-state index is -1.41. The molecular formula is C29H45NO11. The van der Waals surface area contributed by atoms with Crippen LogP contribution in [0.2, 0.25) is 0 Å². The summed E-state index contributed by atoms with van der Waals surface area (Å²) in [6.07, 6.45) is 2.28. The Labute approximate surface area is 241 Å². The highest BCUT2D eigenvalue weighted by Gasteiger charge is 2.33. The molecule has 0 aliphatic heterocycles. The van der Waals surface area contributed by atoms with Crippen molar-refractivity contribution in [2.24, 2.45) is 11.7 Å². The zero-order valence-corrected chi connectivity index (χ0v) is 24.7. The average Bonchev–Trinajstić information content (AvgIpc) is 2.93. The van der Waals surface area contributed by atoms with Gasteiger partial charge in [0.1, 0.15) is 12.1 Å². The van der Waals surface area contributed by atoms with Crippen molar-refractivity contribution in [3.8, 4) is 11.5 Å². The predicted octanol–water partition coefficient (Wildman–Crippen LogP) is 6.18. The molecule has 12 nitrogen and oxygen atoms in total. The normalized spacial score (nSPS) is 13.7. The number of benzene rings is 1. The van der Waals surface area contributed by atoms with Crippen LogP contribution in [0.1, 0.15) is 91.0 Å². The van der Waals surface area contributed by atoms with Crippen LogP contribution >= 0.6 is 0 Å². The first-order valence-corrected chi connectivity index (χ1v) is 14.2. The Kier molecular flexibility index (Phi) is 16.9. The summed E-state index contributed by atoms with van der Waals surface area (Å²) in [5.41, 5.74) is 6.37.